The van der Waals surface area contributed by atoms with E-state index in [2.05, 4.69) is 17.1 Å². The van der Waals surface area contributed by atoms with Crippen LogP contribution in [0.5, 0.6) is 5.75 Å². The summed E-state index contributed by atoms with van der Waals surface area (Å²) in [7, 11) is 1.74. The van der Waals surface area contributed by atoms with Crippen LogP contribution < -0.4 is 4.74 Å². The average Bonchev–Trinajstić information content (AvgIpc) is 3.18. The highest BCUT2D eigenvalue weighted by molar-refractivity contribution is 6.36. The van der Waals surface area contributed by atoms with Gasteiger partial charge in [-0.3, -0.25) is 9.98 Å². The van der Waals surface area contributed by atoms with Crippen LogP contribution in [0, 0.1) is 5.92 Å². The average molecular weight is 462 g/mol. The van der Waals surface area contributed by atoms with Crippen LogP contribution in [0.25, 0.3) is 0 Å². The Labute approximate surface area is 188 Å². The van der Waals surface area contributed by atoms with Crippen LogP contribution in [0.2, 0.25) is 10.0 Å². The van der Waals surface area contributed by atoms with E-state index in [9.17, 15) is 0 Å². The van der Waals surface area contributed by atoms with E-state index >= 15 is 0 Å². The lowest BCUT2D eigenvalue weighted by atomic mass is 9.84. The highest BCUT2D eigenvalue weighted by Crippen LogP contribution is 2.44. The van der Waals surface area contributed by atoms with Gasteiger partial charge in [0.2, 0.25) is 0 Å². The molecular formula is C21H24Cl4N2O. The number of hydrogen-bond donors (Lipinski definition) is 0. The van der Waals surface area contributed by atoms with Gasteiger partial charge in [-0.1, -0.05) is 48.2 Å². The predicted octanol–water partition coefficient (Wildman–Crippen LogP) is 6.71. The summed E-state index contributed by atoms with van der Waals surface area (Å²) in [6.45, 7) is 0. The molecule has 2 aromatic rings. The van der Waals surface area contributed by atoms with Crippen LogP contribution in [0.1, 0.15) is 48.4 Å². The first kappa shape index (κ1) is 23.3. The number of aliphatic imine (C=N–C) groups is 1. The van der Waals surface area contributed by atoms with E-state index in [1.54, 1.807) is 19.5 Å². The number of hydrogen-bond acceptors (Lipinski definition) is 3. The van der Waals surface area contributed by atoms with Crippen molar-refractivity contribution in [2.45, 2.75) is 44.6 Å². The van der Waals surface area contributed by atoms with Crippen LogP contribution in [0.4, 0.5) is 0 Å². The first-order valence-corrected chi connectivity index (χ1v) is 9.92. The number of aromatic nitrogens is 1. The monoisotopic (exact) mass is 460 g/mol. The summed E-state index contributed by atoms with van der Waals surface area (Å²) in [6.07, 6.45) is 9.81. The summed E-state index contributed by atoms with van der Waals surface area (Å²) in [6, 6.07) is 6.55. The van der Waals surface area contributed by atoms with Crippen molar-refractivity contribution >= 4 is 53.7 Å². The van der Waals surface area contributed by atoms with Gasteiger partial charge in [-0.05, 0) is 36.0 Å². The molecule has 1 aliphatic heterocycles. The minimum atomic E-state index is 0. The Bertz CT molecular complexity index is 830. The van der Waals surface area contributed by atoms with Gasteiger partial charge in [-0.15, -0.1) is 24.8 Å². The van der Waals surface area contributed by atoms with E-state index in [4.69, 9.17) is 32.9 Å². The van der Waals surface area contributed by atoms with Crippen LogP contribution >= 0.6 is 48.0 Å². The quantitative estimate of drug-likeness (QED) is 0.506. The summed E-state index contributed by atoms with van der Waals surface area (Å²) in [5, 5.41) is 1.20. The van der Waals surface area contributed by atoms with Crippen molar-refractivity contribution in [3.8, 4) is 5.75 Å². The smallest absolute Gasteiger partial charge is 0.122 e. The van der Waals surface area contributed by atoms with Crippen molar-refractivity contribution in [3.05, 3.63) is 57.3 Å². The molecule has 0 amide bonds. The second-order valence-electron chi connectivity index (χ2n) is 7.15. The van der Waals surface area contributed by atoms with Crippen molar-refractivity contribution in [2.75, 3.05) is 7.11 Å². The molecule has 152 valence electrons. The molecule has 28 heavy (non-hydrogen) atoms. The molecule has 1 aromatic carbocycles. The molecule has 3 nitrogen and oxygen atoms in total. The van der Waals surface area contributed by atoms with Gasteiger partial charge >= 0.3 is 0 Å². The van der Waals surface area contributed by atoms with Crippen molar-refractivity contribution in [1.82, 2.24) is 4.98 Å². The van der Waals surface area contributed by atoms with Gasteiger partial charge in [-0.2, -0.15) is 0 Å². The summed E-state index contributed by atoms with van der Waals surface area (Å²) >= 11 is 12.7. The minimum Gasteiger partial charge on any atom is -0.496 e. The number of halogens is 4. The molecule has 4 rings (SSSR count). The van der Waals surface area contributed by atoms with E-state index in [0.29, 0.717) is 22.4 Å². The van der Waals surface area contributed by atoms with Crippen LogP contribution in [0.3, 0.4) is 0 Å². The minimum absolute atomic E-state index is 0. The third kappa shape index (κ3) is 4.59. The zero-order valence-corrected chi connectivity index (χ0v) is 18.8. The number of benzene rings is 1. The van der Waals surface area contributed by atoms with Gasteiger partial charge in [0.05, 0.1) is 23.2 Å². The third-order valence-electron chi connectivity index (χ3n) is 5.59. The van der Waals surface area contributed by atoms with Gasteiger partial charge in [0.25, 0.3) is 0 Å². The molecule has 7 heteroatoms. The summed E-state index contributed by atoms with van der Waals surface area (Å²) < 4.78 is 5.65. The molecule has 1 saturated carbocycles. The molecule has 0 saturated heterocycles. The fourth-order valence-corrected chi connectivity index (χ4v) is 4.81. The second kappa shape index (κ2) is 10.2. The molecule has 0 spiro atoms. The molecule has 0 N–H and O–H groups in total. The third-order valence-corrected chi connectivity index (χ3v) is 6.24. The van der Waals surface area contributed by atoms with E-state index in [0.717, 1.165) is 23.4 Å². The first-order chi connectivity index (χ1) is 12.7. The maximum Gasteiger partial charge on any atom is 0.122 e. The predicted molar refractivity (Wildman–Crippen MR) is 121 cm³/mol. The van der Waals surface area contributed by atoms with Gasteiger partial charge in [0.15, 0.2) is 0 Å². The molecule has 1 fully saturated rings. The van der Waals surface area contributed by atoms with Crippen molar-refractivity contribution in [3.63, 3.8) is 0 Å². The summed E-state index contributed by atoms with van der Waals surface area (Å²) in [5.74, 6) is 1.56. The molecule has 0 bridgehead atoms. The summed E-state index contributed by atoms with van der Waals surface area (Å²) in [5.41, 5.74) is 4.62. The lowest BCUT2D eigenvalue weighted by Gasteiger charge is -2.29. The molecule has 1 atom stereocenters. The van der Waals surface area contributed by atoms with E-state index in [1.807, 2.05) is 6.07 Å². The number of ether oxygens (including phenoxy) is 1. The number of rotatable bonds is 4. The lowest BCUT2D eigenvalue weighted by molar-refractivity contribution is 0.402. The first-order valence-electron chi connectivity index (χ1n) is 9.16. The largest absolute Gasteiger partial charge is 0.496 e. The summed E-state index contributed by atoms with van der Waals surface area (Å²) in [4.78, 5) is 9.24. The standard InChI is InChI=1S/C21H22Cl2N2O.2ClH/c1-26-20-8-4-7-15-16(20)9-14(25-21(15)13-5-2-3-6-13)10-17-18(22)11-24-12-19(17)23;;/h4,7-8,11-13,21H,2-3,5-6,9-10H2,1H3;2*1H. The van der Waals surface area contributed by atoms with Gasteiger partial charge in [-0.25, -0.2) is 0 Å². The highest BCUT2D eigenvalue weighted by atomic mass is 35.5. The SMILES string of the molecule is COc1cccc2c1CC(Cc1c(Cl)cncc1Cl)=NC2C1CCCC1.Cl.Cl. The Morgan fingerprint density at radius 1 is 1.07 bits per heavy atom. The maximum atomic E-state index is 6.34. The number of fused-ring (bicyclic) bond motifs is 1. The van der Waals surface area contributed by atoms with E-state index in [1.165, 1.54) is 36.8 Å². The van der Waals surface area contributed by atoms with Gasteiger partial charge in [0, 0.05) is 36.5 Å². The number of pyridine rings is 1. The zero-order chi connectivity index (χ0) is 18.1. The van der Waals surface area contributed by atoms with Crippen LogP contribution in [-0.2, 0) is 12.8 Å². The normalized spacial score (nSPS) is 18.5. The Kier molecular flexibility index (Phi) is 8.44. The lowest BCUT2D eigenvalue weighted by Crippen LogP contribution is -2.22. The number of nitrogens with zero attached hydrogens (tertiary/aromatic N) is 2. The fourth-order valence-electron chi connectivity index (χ4n) is 4.31. The number of methoxy groups -OCH3 is 1. The maximum absolute atomic E-state index is 6.34. The van der Waals surface area contributed by atoms with Crippen LogP contribution in [-0.4, -0.2) is 17.8 Å². The topological polar surface area (TPSA) is 34.5 Å². The Balaban J connectivity index is 0.00000140. The molecule has 1 aliphatic carbocycles. The molecular weight excluding hydrogens is 438 g/mol. The fraction of sp³-hybridized carbons (Fsp3) is 0.429. The Morgan fingerprint density at radius 3 is 2.39 bits per heavy atom. The molecule has 1 aromatic heterocycles. The molecule has 2 heterocycles. The van der Waals surface area contributed by atoms with Crippen LogP contribution in [0.15, 0.2) is 35.6 Å². The van der Waals surface area contributed by atoms with Crippen molar-refractivity contribution in [1.29, 1.82) is 0 Å². The zero-order valence-electron chi connectivity index (χ0n) is 15.7. The van der Waals surface area contributed by atoms with E-state index in [-0.39, 0.29) is 30.9 Å². The highest BCUT2D eigenvalue weighted by Gasteiger charge is 2.32. The van der Waals surface area contributed by atoms with Gasteiger partial charge < -0.3 is 4.74 Å². The molecule has 1 unspecified atom stereocenters. The van der Waals surface area contributed by atoms with Crippen molar-refractivity contribution < 1.29 is 4.74 Å². The second-order valence-corrected chi connectivity index (χ2v) is 7.96. The molecule has 2 aliphatic rings. The Morgan fingerprint density at radius 2 is 1.75 bits per heavy atom. The molecule has 0 radical (unpaired) electrons. The van der Waals surface area contributed by atoms with E-state index < -0.39 is 0 Å². The Hall–Kier alpha value is -1.000. The van der Waals surface area contributed by atoms with Gasteiger partial charge in [0.1, 0.15) is 5.75 Å². The van der Waals surface area contributed by atoms with Crippen molar-refractivity contribution in [2.24, 2.45) is 10.9 Å².